The van der Waals surface area contributed by atoms with Crippen LogP contribution in [0.2, 0.25) is 0 Å². The van der Waals surface area contributed by atoms with Gasteiger partial charge in [0.05, 0.1) is 56.3 Å². The summed E-state index contributed by atoms with van der Waals surface area (Å²) in [6.45, 7) is 9.60. The summed E-state index contributed by atoms with van der Waals surface area (Å²) < 4.78 is 16.3. The number of hydrogen-bond acceptors (Lipinski definition) is 9. The maximum Gasteiger partial charge on any atom is 0.132 e. The number of halogens is 1. The van der Waals surface area contributed by atoms with Gasteiger partial charge in [-0.15, -0.1) is 12.4 Å². The first-order chi connectivity index (χ1) is 14.6. The Kier molecular flexibility index (Phi) is 9.03. The van der Waals surface area contributed by atoms with Gasteiger partial charge in [-0.05, 0) is 0 Å². The summed E-state index contributed by atoms with van der Waals surface area (Å²) in [6.07, 6.45) is 0. The highest BCUT2D eigenvalue weighted by molar-refractivity contribution is 5.85. The van der Waals surface area contributed by atoms with Crippen molar-refractivity contribution in [2.24, 2.45) is 0 Å². The highest BCUT2D eigenvalue weighted by Crippen LogP contribution is 2.44. The van der Waals surface area contributed by atoms with Crippen molar-refractivity contribution in [3.63, 3.8) is 0 Å². The highest BCUT2D eigenvalue weighted by Gasteiger charge is 2.28. The molecule has 0 spiro atoms. The Morgan fingerprint density at radius 3 is 0.935 bits per heavy atom. The van der Waals surface area contributed by atoms with Crippen LogP contribution >= 0.6 is 12.4 Å². The molecule has 3 saturated heterocycles. The maximum absolute atomic E-state index is 11.1. The summed E-state index contributed by atoms with van der Waals surface area (Å²) in [5.74, 6) is -0.0175. The lowest BCUT2D eigenvalue weighted by Gasteiger charge is -2.31. The molecule has 0 bridgehead atoms. The largest absolute Gasteiger partial charge is 0.507 e. The minimum Gasteiger partial charge on any atom is -0.507 e. The zero-order valence-corrected chi connectivity index (χ0v) is 18.7. The standard InChI is InChI=1S/C21H33N3O6.ClH/c25-19-16(13-22-1-7-28-8-2-22)20(26)18(15-24-5-11-30-12-6-24)21(27)17(19)14-23-3-9-29-10-4-23;/h25-27H,1-15H2;1H. The molecule has 0 aromatic heterocycles. The van der Waals surface area contributed by atoms with Crippen molar-refractivity contribution < 1.29 is 29.5 Å². The summed E-state index contributed by atoms with van der Waals surface area (Å²) in [5.41, 5.74) is 1.46. The normalized spacial score (nSPS) is 21.7. The minimum absolute atomic E-state index is 0. The molecular weight excluding hydrogens is 426 g/mol. The van der Waals surface area contributed by atoms with E-state index >= 15 is 0 Å². The number of morpholine rings is 3. The average molecular weight is 460 g/mol. The molecule has 1 aromatic carbocycles. The molecule has 0 unspecified atom stereocenters. The Labute approximate surface area is 189 Å². The first-order valence-electron chi connectivity index (χ1n) is 10.8. The molecule has 0 saturated carbocycles. The van der Waals surface area contributed by atoms with Gasteiger partial charge in [0.25, 0.3) is 0 Å². The molecule has 0 atom stereocenters. The SMILES string of the molecule is Cl.Oc1c(CN2CCOCC2)c(O)c(CN2CCOCC2)c(O)c1CN1CCOCC1. The molecule has 3 N–H and O–H groups in total. The molecule has 3 fully saturated rings. The minimum atomic E-state index is -0.00582. The molecule has 0 radical (unpaired) electrons. The first kappa shape index (κ1) is 24.3. The molecule has 0 aliphatic carbocycles. The molecule has 9 nitrogen and oxygen atoms in total. The molecule has 3 aliphatic rings. The van der Waals surface area contributed by atoms with E-state index in [0.717, 1.165) is 39.3 Å². The fourth-order valence-electron chi connectivity index (χ4n) is 4.28. The van der Waals surface area contributed by atoms with Gasteiger partial charge in [-0.25, -0.2) is 0 Å². The molecular formula is C21H34ClN3O6. The Morgan fingerprint density at radius 1 is 0.484 bits per heavy atom. The average Bonchev–Trinajstić information content (AvgIpc) is 2.79. The number of hydrogen-bond donors (Lipinski definition) is 3. The van der Waals surface area contributed by atoms with Gasteiger partial charge in [0.15, 0.2) is 0 Å². The second kappa shape index (κ2) is 11.5. The lowest BCUT2D eigenvalue weighted by molar-refractivity contribution is 0.0310. The topological polar surface area (TPSA) is 98.1 Å². The number of phenolic OH excluding ortho intramolecular Hbond substituents is 3. The third-order valence-corrected chi connectivity index (χ3v) is 6.17. The molecule has 4 rings (SSSR count). The van der Waals surface area contributed by atoms with Gasteiger partial charge < -0.3 is 29.5 Å². The molecule has 10 heteroatoms. The van der Waals surface area contributed by atoms with Gasteiger partial charge in [-0.2, -0.15) is 0 Å². The number of ether oxygens (including phenoxy) is 3. The van der Waals surface area contributed by atoms with Crippen LogP contribution in [0, 0.1) is 0 Å². The number of rotatable bonds is 6. The lowest BCUT2D eigenvalue weighted by Crippen LogP contribution is -2.37. The van der Waals surface area contributed by atoms with E-state index in [-0.39, 0.29) is 29.7 Å². The van der Waals surface area contributed by atoms with Crippen LogP contribution in [0.1, 0.15) is 16.7 Å². The number of nitrogens with zero attached hydrogens (tertiary/aromatic N) is 3. The van der Waals surface area contributed by atoms with Gasteiger partial charge in [0, 0.05) is 58.9 Å². The van der Waals surface area contributed by atoms with Crippen molar-refractivity contribution in [3.05, 3.63) is 16.7 Å². The molecule has 0 amide bonds. The Bertz CT molecular complexity index is 603. The zero-order chi connectivity index (χ0) is 20.9. The van der Waals surface area contributed by atoms with Crippen LogP contribution in [-0.4, -0.2) is 109 Å². The zero-order valence-electron chi connectivity index (χ0n) is 17.9. The van der Waals surface area contributed by atoms with Crippen LogP contribution in [0.25, 0.3) is 0 Å². The Morgan fingerprint density at radius 2 is 0.710 bits per heavy atom. The summed E-state index contributed by atoms with van der Waals surface area (Å²) in [5, 5.41) is 33.2. The number of aromatic hydroxyl groups is 3. The summed E-state index contributed by atoms with van der Waals surface area (Å²) >= 11 is 0. The van der Waals surface area contributed by atoms with Crippen molar-refractivity contribution in [1.29, 1.82) is 0 Å². The summed E-state index contributed by atoms with van der Waals surface area (Å²) in [7, 11) is 0. The van der Waals surface area contributed by atoms with Gasteiger partial charge in [-0.3, -0.25) is 14.7 Å². The van der Waals surface area contributed by atoms with E-state index < -0.39 is 0 Å². The van der Waals surface area contributed by atoms with Gasteiger partial charge in [-0.1, -0.05) is 0 Å². The van der Waals surface area contributed by atoms with Gasteiger partial charge in [0.2, 0.25) is 0 Å². The van der Waals surface area contributed by atoms with E-state index in [1.54, 1.807) is 0 Å². The van der Waals surface area contributed by atoms with Crippen LogP contribution in [0.3, 0.4) is 0 Å². The van der Waals surface area contributed by atoms with E-state index in [0.29, 0.717) is 76.0 Å². The lowest BCUT2D eigenvalue weighted by atomic mass is 9.98. The van der Waals surface area contributed by atoms with Crippen LogP contribution in [-0.2, 0) is 33.8 Å². The Hall–Kier alpha value is -1.33. The quantitative estimate of drug-likeness (QED) is 0.568. The van der Waals surface area contributed by atoms with Crippen molar-refractivity contribution in [1.82, 2.24) is 14.7 Å². The third-order valence-electron chi connectivity index (χ3n) is 6.17. The van der Waals surface area contributed by atoms with Crippen LogP contribution in [0.15, 0.2) is 0 Å². The first-order valence-corrected chi connectivity index (χ1v) is 10.8. The van der Waals surface area contributed by atoms with Crippen molar-refractivity contribution in [2.45, 2.75) is 19.6 Å². The highest BCUT2D eigenvalue weighted by atomic mass is 35.5. The summed E-state index contributed by atoms with van der Waals surface area (Å²) in [4.78, 5) is 6.48. The predicted molar refractivity (Wildman–Crippen MR) is 117 cm³/mol. The molecule has 1 aromatic rings. The molecule has 3 heterocycles. The van der Waals surface area contributed by atoms with Crippen LogP contribution < -0.4 is 0 Å². The Balaban J connectivity index is 0.00000272. The predicted octanol–water partition coefficient (Wildman–Crippen LogP) is 0.722. The number of phenols is 3. The molecule has 31 heavy (non-hydrogen) atoms. The second-order valence-corrected chi connectivity index (χ2v) is 8.15. The van der Waals surface area contributed by atoms with E-state index in [1.807, 2.05) is 0 Å². The maximum atomic E-state index is 11.1. The van der Waals surface area contributed by atoms with Crippen LogP contribution in [0.4, 0.5) is 0 Å². The van der Waals surface area contributed by atoms with Crippen molar-refractivity contribution in [2.75, 3.05) is 78.9 Å². The third kappa shape index (κ3) is 5.92. The monoisotopic (exact) mass is 459 g/mol. The van der Waals surface area contributed by atoms with Crippen molar-refractivity contribution in [3.8, 4) is 17.2 Å². The van der Waals surface area contributed by atoms with Gasteiger partial charge in [0.1, 0.15) is 17.2 Å². The summed E-state index contributed by atoms with van der Waals surface area (Å²) in [6, 6.07) is 0. The van der Waals surface area contributed by atoms with Crippen LogP contribution in [0.5, 0.6) is 17.2 Å². The van der Waals surface area contributed by atoms with E-state index in [4.69, 9.17) is 14.2 Å². The number of benzene rings is 1. The second-order valence-electron chi connectivity index (χ2n) is 8.15. The fourth-order valence-corrected chi connectivity index (χ4v) is 4.28. The molecule has 176 valence electrons. The van der Waals surface area contributed by atoms with E-state index in [2.05, 4.69) is 14.7 Å². The fraction of sp³-hybridized carbons (Fsp3) is 0.714. The van der Waals surface area contributed by atoms with Gasteiger partial charge >= 0.3 is 0 Å². The smallest absolute Gasteiger partial charge is 0.132 e. The van der Waals surface area contributed by atoms with E-state index in [1.165, 1.54) is 0 Å². The molecule has 3 aliphatic heterocycles. The van der Waals surface area contributed by atoms with E-state index in [9.17, 15) is 15.3 Å². The van der Waals surface area contributed by atoms with Crippen molar-refractivity contribution >= 4 is 12.4 Å².